The number of aliphatic hydroxyl groups is 1. The van der Waals surface area contributed by atoms with Crippen molar-refractivity contribution in [1.82, 2.24) is 0 Å². The van der Waals surface area contributed by atoms with Crippen molar-refractivity contribution in [2.75, 3.05) is 0 Å². The Balaban J connectivity index is 1.80. The molecule has 1 N–H and O–H groups in total. The van der Waals surface area contributed by atoms with Gasteiger partial charge in [0.05, 0.1) is 6.10 Å². The lowest BCUT2D eigenvalue weighted by Crippen LogP contribution is -2.33. The molecule has 0 aliphatic heterocycles. The topological polar surface area (TPSA) is 20.2 Å². The van der Waals surface area contributed by atoms with Gasteiger partial charge < -0.3 is 5.11 Å². The fourth-order valence-corrected chi connectivity index (χ4v) is 3.00. The van der Waals surface area contributed by atoms with Gasteiger partial charge in [-0.15, -0.1) is 0 Å². The van der Waals surface area contributed by atoms with Crippen LogP contribution in [-0.4, -0.2) is 11.2 Å². The Morgan fingerprint density at radius 1 is 0.643 bits per heavy atom. The molecule has 0 heterocycles. The van der Waals surface area contributed by atoms with Gasteiger partial charge in [0.1, 0.15) is 0 Å². The zero-order valence-corrected chi connectivity index (χ0v) is 9.25. The highest BCUT2D eigenvalue weighted by Crippen LogP contribution is 2.36. The SMILES string of the molecule is OC(C1CCCCCCC1)C1CCC1. The Labute approximate surface area is 87.9 Å². The lowest BCUT2D eigenvalue weighted by atomic mass is 9.73. The number of rotatable bonds is 2. The van der Waals surface area contributed by atoms with E-state index in [1.807, 2.05) is 0 Å². The van der Waals surface area contributed by atoms with Gasteiger partial charge in [-0.25, -0.2) is 0 Å². The molecule has 2 aliphatic rings. The third-order valence-corrected chi connectivity index (χ3v) is 4.27. The first-order valence-electron chi connectivity index (χ1n) is 6.56. The summed E-state index contributed by atoms with van der Waals surface area (Å²) in [4.78, 5) is 0. The molecule has 2 rings (SSSR count). The van der Waals surface area contributed by atoms with Crippen molar-refractivity contribution in [2.45, 2.75) is 70.3 Å². The summed E-state index contributed by atoms with van der Waals surface area (Å²) < 4.78 is 0. The normalized spacial score (nSPS) is 28.9. The van der Waals surface area contributed by atoms with E-state index in [1.165, 1.54) is 64.2 Å². The first-order chi connectivity index (χ1) is 6.88. The number of hydrogen-bond donors (Lipinski definition) is 1. The average Bonchev–Trinajstić information content (AvgIpc) is 1.99. The minimum Gasteiger partial charge on any atom is -0.393 e. The lowest BCUT2D eigenvalue weighted by Gasteiger charge is -2.36. The van der Waals surface area contributed by atoms with Crippen LogP contribution in [0.15, 0.2) is 0 Å². The Morgan fingerprint density at radius 3 is 1.50 bits per heavy atom. The molecule has 0 amide bonds. The second kappa shape index (κ2) is 5.16. The van der Waals surface area contributed by atoms with Crippen LogP contribution in [0.3, 0.4) is 0 Å². The van der Waals surface area contributed by atoms with E-state index in [1.54, 1.807) is 0 Å². The van der Waals surface area contributed by atoms with Crippen molar-refractivity contribution >= 4 is 0 Å². The van der Waals surface area contributed by atoms with E-state index in [4.69, 9.17) is 0 Å². The van der Waals surface area contributed by atoms with Gasteiger partial charge in [-0.05, 0) is 37.5 Å². The standard InChI is InChI=1S/C13H24O/c14-13(12-9-6-10-12)11-7-4-2-1-3-5-8-11/h11-14H,1-10H2. The second-order valence-electron chi connectivity index (χ2n) is 5.29. The van der Waals surface area contributed by atoms with Crippen molar-refractivity contribution in [3.63, 3.8) is 0 Å². The first-order valence-corrected chi connectivity index (χ1v) is 6.56. The van der Waals surface area contributed by atoms with Gasteiger partial charge in [0.15, 0.2) is 0 Å². The van der Waals surface area contributed by atoms with E-state index < -0.39 is 0 Å². The largest absolute Gasteiger partial charge is 0.393 e. The fourth-order valence-electron chi connectivity index (χ4n) is 3.00. The maximum atomic E-state index is 10.2. The Morgan fingerprint density at radius 2 is 1.07 bits per heavy atom. The molecule has 2 aliphatic carbocycles. The van der Waals surface area contributed by atoms with Crippen molar-refractivity contribution < 1.29 is 5.11 Å². The maximum absolute atomic E-state index is 10.2. The minimum absolute atomic E-state index is 0.0434. The summed E-state index contributed by atoms with van der Waals surface area (Å²) >= 11 is 0. The molecule has 0 spiro atoms. The van der Waals surface area contributed by atoms with Gasteiger partial charge in [0, 0.05) is 0 Å². The quantitative estimate of drug-likeness (QED) is 0.716. The van der Waals surface area contributed by atoms with Crippen LogP contribution in [0.1, 0.15) is 64.2 Å². The summed E-state index contributed by atoms with van der Waals surface area (Å²) in [5.41, 5.74) is 0. The molecule has 2 saturated carbocycles. The first kappa shape index (κ1) is 10.5. The van der Waals surface area contributed by atoms with Crippen molar-refractivity contribution in [3.05, 3.63) is 0 Å². The highest BCUT2D eigenvalue weighted by Gasteiger charge is 2.31. The van der Waals surface area contributed by atoms with E-state index in [0.29, 0.717) is 11.8 Å². The number of hydrogen-bond acceptors (Lipinski definition) is 1. The van der Waals surface area contributed by atoms with Crippen LogP contribution in [-0.2, 0) is 0 Å². The van der Waals surface area contributed by atoms with E-state index in [2.05, 4.69) is 0 Å². The molecule has 0 bridgehead atoms. The van der Waals surface area contributed by atoms with Gasteiger partial charge in [0.2, 0.25) is 0 Å². The predicted octanol–water partition coefficient (Wildman–Crippen LogP) is 3.51. The molecular formula is C13H24O. The Kier molecular flexibility index (Phi) is 3.86. The zero-order valence-electron chi connectivity index (χ0n) is 9.25. The molecule has 0 saturated heterocycles. The molecule has 1 unspecified atom stereocenters. The minimum atomic E-state index is 0.0434. The molecule has 1 heteroatoms. The fraction of sp³-hybridized carbons (Fsp3) is 1.00. The van der Waals surface area contributed by atoms with Crippen LogP contribution in [0.4, 0.5) is 0 Å². The van der Waals surface area contributed by atoms with Crippen molar-refractivity contribution in [1.29, 1.82) is 0 Å². The van der Waals surface area contributed by atoms with Crippen LogP contribution >= 0.6 is 0 Å². The summed E-state index contributed by atoms with van der Waals surface area (Å²) in [7, 11) is 0. The van der Waals surface area contributed by atoms with Crippen molar-refractivity contribution in [2.24, 2.45) is 11.8 Å². The van der Waals surface area contributed by atoms with Crippen LogP contribution in [0.25, 0.3) is 0 Å². The Bertz CT molecular complexity index is 155. The second-order valence-corrected chi connectivity index (χ2v) is 5.29. The van der Waals surface area contributed by atoms with Crippen LogP contribution < -0.4 is 0 Å². The molecule has 2 fully saturated rings. The molecule has 0 aromatic rings. The van der Waals surface area contributed by atoms with E-state index in [9.17, 15) is 5.11 Å². The highest BCUT2D eigenvalue weighted by molar-refractivity contribution is 4.82. The lowest BCUT2D eigenvalue weighted by molar-refractivity contribution is 0.00559. The molecular weight excluding hydrogens is 172 g/mol. The van der Waals surface area contributed by atoms with Gasteiger partial charge in [-0.1, -0.05) is 38.5 Å². The molecule has 14 heavy (non-hydrogen) atoms. The zero-order chi connectivity index (χ0) is 9.80. The molecule has 1 nitrogen and oxygen atoms in total. The van der Waals surface area contributed by atoms with Crippen LogP contribution in [0.2, 0.25) is 0 Å². The summed E-state index contributed by atoms with van der Waals surface area (Å²) in [6.45, 7) is 0. The summed E-state index contributed by atoms with van der Waals surface area (Å²) in [6.07, 6.45) is 13.5. The van der Waals surface area contributed by atoms with Crippen LogP contribution in [0.5, 0.6) is 0 Å². The van der Waals surface area contributed by atoms with Gasteiger partial charge in [0.25, 0.3) is 0 Å². The smallest absolute Gasteiger partial charge is 0.0596 e. The molecule has 0 aromatic carbocycles. The third kappa shape index (κ3) is 2.50. The third-order valence-electron chi connectivity index (χ3n) is 4.27. The molecule has 0 radical (unpaired) electrons. The Hall–Kier alpha value is -0.0400. The van der Waals surface area contributed by atoms with E-state index in [-0.39, 0.29) is 6.10 Å². The summed E-state index contributed by atoms with van der Waals surface area (Å²) in [5, 5.41) is 10.2. The molecule has 1 atom stereocenters. The van der Waals surface area contributed by atoms with Gasteiger partial charge in [-0.2, -0.15) is 0 Å². The van der Waals surface area contributed by atoms with Gasteiger partial charge >= 0.3 is 0 Å². The predicted molar refractivity (Wildman–Crippen MR) is 59.2 cm³/mol. The summed E-state index contributed by atoms with van der Waals surface area (Å²) in [5.74, 6) is 1.31. The van der Waals surface area contributed by atoms with Crippen molar-refractivity contribution in [3.8, 4) is 0 Å². The van der Waals surface area contributed by atoms with Crippen LogP contribution in [0, 0.1) is 11.8 Å². The monoisotopic (exact) mass is 196 g/mol. The van der Waals surface area contributed by atoms with E-state index >= 15 is 0 Å². The average molecular weight is 196 g/mol. The molecule has 0 aromatic heterocycles. The van der Waals surface area contributed by atoms with Gasteiger partial charge in [-0.3, -0.25) is 0 Å². The van der Waals surface area contributed by atoms with E-state index in [0.717, 1.165) is 0 Å². The molecule has 82 valence electrons. The maximum Gasteiger partial charge on any atom is 0.0596 e. The highest BCUT2D eigenvalue weighted by atomic mass is 16.3. The number of aliphatic hydroxyl groups excluding tert-OH is 1. The summed E-state index contributed by atoms with van der Waals surface area (Å²) in [6, 6.07) is 0.